The van der Waals surface area contributed by atoms with Gasteiger partial charge < -0.3 is 14.5 Å². The molecular formula is C31H27ClFN5O4. The molecule has 0 aliphatic carbocycles. The minimum atomic E-state index is -0.539. The molecule has 9 nitrogen and oxygen atoms in total. The Kier molecular flexibility index (Phi) is 8.17. The quantitative estimate of drug-likeness (QED) is 0.317. The molecule has 11 heteroatoms. The van der Waals surface area contributed by atoms with Gasteiger partial charge in [-0.25, -0.2) is 14.2 Å². The lowest BCUT2D eigenvalue weighted by Crippen LogP contribution is -2.27. The van der Waals surface area contributed by atoms with E-state index < -0.39 is 11.8 Å². The van der Waals surface area contributed by atoms with Crippen LogP contribution in [0, 0.1) is 5.82 Å². The summed E-state index contributed by atoms with van der Waals surface area (Å²) in [5.74, 6) is -1.37. The summed E-state index contributed by atoms with van der Waals surface area (Å²) in [5, 5.41) is 0.634. The van der Waals surface area contributed by atoms with Gasteiger partial charge in [-0.2, -0.15) is 0 Å². The topological polar surface area (TPSA) is 97.1 Å². The Morgan fingerprint density at radius 3 is 2.48 bits per heavy atom. The predicted octanol–water partition coefficient (Wildman–Crippen LogP) is 4.93. The Labute approximate surface area is 246 Å². The van der Waals surface area contributed by atoms with Gasteiger partial charge in [-0.1, -0.05) is 41.9 Å². The van der Waals surface area contributed by atoms with Gasteiger partial charge in [0.15, 0.2) is 5.69 Å². The summed E-state index contributed by atoms with van der Waals surface area (Å²) in [6.45, 7) is 2.28. The predicted molar refractivity (Wildman–Crippen MR) is 157 cm³/mol. The number of benzodiazepines with no additional fused rings is 1. The van der Waals surface area contributed by atoms with E-state index in [-0.39, 0.29) is 42.8 Å². The first-order chi connectivity index (χ1) is 20.2. The first-order valence-corrected chi connectivity index (χ1v) is 13.5. The number of halogens is 2. The molecule has 2 amide bonds. The van der Waals surface area contributed by atoms with Crippen LogP contribution in [0.25, 0.3) is 5.69 Å². The van der Waals surface area contributed by atoms with Crippen molar-refractivity contribution in [1.82, 2.24) is 14.5 Å². The van der Waals surface area contributed by atoms with Crippen LogP contribution in [-0.4, -0.2) is 65.2 Å². The summed E-state index contributed by atoms with van der Waals surface area (Å²) in [6, 6.07) is 19.3. The molecule has 2 aliphatic rings. The number of hydrogen-bond acceptors (Lipinski definition) is 6. The van der Waals surface area contributed by atoms with Crippen LogP contribution in [0.2, 0.25) is 5.02 Å². The Morgan fingerprint density at radius 2 is 1.74 bits per heavy atom. The van der Waals surface area contributed by atoms with Gasteiger partial charge in [-0.05, 0) is 43.3 Å². The second-order valence-electron chi connectivity index (χ2n) is 9.60. The monoisotopic (exact) mass is 587 g/mol. The highest BCUT2D eigenvalue weighted by Gasteiger charge is 2.29. The van der Waals surface area contributed by atoms with Crippen LogP contribution in [0.1, 0.15) is 44.6 Å². The number of carbonyl (C=O) groups is 3. The molecule has 214 valence electrons. The Bertz CT molecular complexity index is 1720. The second-order valence-corrected chi connectivity index (χ2v) is 10.0. The Balaban J connectivity index is 0.000000169. The van der Waals surface area contributed by atoms with Crippen molar-refractivity contribution in [3.63, 3.8) is 0 Å². The van der Waals surface area contributed by atoms with E-state index in [1.807, 2.05) is 42.5 Å². The number of fused-ring (bicyclic) bond motifs is 4. The molecule has 4 aromatic rings. The van der Waals surface area contributed by atoms with Gasteiger partial charge in [-0.3, -0.25) is 19.1 Å². The molecule has 6 rings (SSSR count). The summed E-state index contributed by atoms with van der Waals surface area (Å²) >= 11 is 6.11. The molecule has 0 N–H and O–H groups in total. The van der Waals surface area contributed by atoms with Crippen molar-refractivity contribution in [1.29, 1.82) is 0 Å². The van der Waals surface area contributed by atoms with E-state index in [4.69, 9.17) is 16.3 Å². The number of esters is 1. The maximum absolute atomic E-state index is 13.5. The minimum absolute atomic E-state index is 0.0282. The highest BCUT2D eigenvalue weighted by molar-refractivity contribution is 6.32. The summed E-state index contributed by atoms with van der Waals surface area (Å²) in [6.07, 6.45) is 1.45. The molecule has 0 saturated carbocycles. The molecule has 0 spiro atoms. The van der Waals surface area contributed by atoms with Crippen molar-refractivity contribution in [3.05, 3.63) is 112 Å². The summed E-state index contributed by atoms with van der Waals surface area (Å²) in [7, 11) is 3.35. The molecule has 0 saturated heterocycles. The number of ether oxygens (including phenoxy) is 1. The smallest absolute Gasteiger partial charge is 0.358 e. The maximum atomic E-state index is 13.5. The van der Waals surface area contributed by atoms with E-state index in [0.717, 1.165) is 22.5 Å². The lowest BCUT2D eigenvalue weighted by atomic mass is 10.0. The van der Waals surface area contributed by atoms with E-state index >= 15 is 0 Å². The fourth-order valence-electron chi connectivity index (χ4n) is 4.80. The highest BCUT2D eigenvalue weighted by atomic mass is 35.5. The normalized spacial score (nSPS) is 14.0. The van der Waals surface area contributed by atoms with Crippen LogP contribution in [0.3, 0.4) is 0 Å². The van der Waals surface area contributed by atoms with Crippen molar-refractivity contribution in [2.75, 3.05) is 32.1 Å². The number of amides is 2. The number of rotatable bonds is 3. The van der Waals surface area contributed by atoms with Crippen molar-refractivity contribution in [3.8, 4) is 5.69 Å². The van der Waals surface area contributed by atoms with E-state index in [2.05, 4.69) is 9.98 Å². The van der Waals surface area contributed by atoms with Gasteiger partial charge in [-0.15, -0.1) is 0 Å². The standard InChI is InChI=1S/C16H13ClN2O.C15H14FN3O3/c1-19-14-8-7-12(17)9-13(14)16(18-10-15(19)20)11-5-3-2-4-6-11;1-3-22-15(21)13-12-7-18(2)14(20)10-6-9(16)4-5-11(10)19(12)8-17-13/h2-9H,10H2,1H3;4-6,8H,3,7H2,1-2H3. The summed E-state index contributed by atoms with van der Waals surface area (Å²) in [4.78, 5) is 48.0. The number of imidazole rings is 1. The van der Waals surface area contributed by atoms with Crippen LogP contribution in [0.15, 0.2) is 78.0 Å². The Morgan fingerprint density at radius 1 is 1.00 bits per heavy atom. The number of anilines is 1. The van der Waals surface area contributed by atoms with Crippen LogP contribution >= 0.6 is 11.6 Å². The van der Waals surface area contributed by atoms with Gasteiger partial charge in [0, 0.05) is 30.2 Å². The third-order valence-electron chi connectivity index (χ3n) is 6.89. The maximum Gasteiger partial charge on any atom is 0.358 e. The first kappa shape index (κ1) is 28.7. The molecule has 3 heterocycles. The van der Waals surface area contributed by atoms with Gasteiger partial charge >= 0.3 is 5.97 Å². The van der Waals surface area contributed by atoms with E-state index in [1.54, 1.807) is 36.6 Å². The number of hydrogen-bond donors (Lipinski definition) is 0. The zero-order valence-electron chi connectivity index (χ0n) is 23.2. The fourth-order valence-corrected chi connectivity index (χ4v) is 4.97. The molecule has 2 aliphatic heterocycles. The van der Waals surface area contributed by atoms with Gasteiger partial charge in [0.25, 0.3) is 5.91 Å². The molecule has 42 heavy (non-hydrogen) atoms. The number of aliphatic imine (C=N–C) groups is 1. The average Bonchev–Trinajstić information content (AvgIpc) is 3.31. The van der Waals surface area contributed by atoms with E-state index in [0.29, 0.717) is 16.4 Å². The highest BCUT2D eigenvalue weighted by Crippen LogP contribution is 2.29. The first-order valence-electron chi connectivity index (χ1n) is 13.1. The average molecular weight is 588 g/mol. The van der Waals surface area contributed by atoms with Gasteiger partial charge in [0.05, 0.1) is 41.5 Å². The molecule has 1 aromatic heterocycles. The SMILES string of the molecule is CCOC(=O)c1ncn2c1CN(C)C(=O)c1cc(F)ccc1-2.CN1C(=O)CN=C(c2ccccc2)c2cc(Cl)ccc21. The molecular weight excluding hydrogens is 561 g/mol. The third kappa shape index (κ3) is 5.53. The van der Waals surface area contributed by atoms with Gasteiger partial charge in [0.1, 0.15) is 18.7 Å². The van der Waals surface area contributed by atoms with Crippen LogP contribution < -0.4 is 4.90 Å². The fraction of sp³-hybridized carbons (Fsp3) is 0.194. The van der Waals surface area contributed by atoms with Crippen molar-refractivity contribution in [2.45, 2.75) is 13.5 Å². The van der Waals surface area contributed by atoms with E-state index in [1.165, 1.54) is 29.4 Å². The lowest BCUT2D eigenvalue weighted by molar-refractivity contribution is -0.116. The zero-order chi connectivity index (χ0) is 30.0. The van der Waals surface area contributed by atoms with E-state index in [9.17, 15) is 18.8 Å². The van der Waals surface area contributed by atoms with Crippen molar-refractivity contribution < 1.29 is 23.5 Å². The second kappa shape index (κ2) is 12.0. The number of aromatic nitrogens is 2. The van der Waals surface area contributed by atoms with Crippen LogP contribution in [-0.2, 0) is 16.1 Å². The van der Waals surface area contributed by atoms with Crippen LogP contribution in [0.5, 0.6) is 0 Å². The molecule has 0 bridgehead atoms. The Hall–Kier alpha value is -4.83. The van der Waals surface area contributed by atoms with Crippen LogP contribution in [0.4, 0.5) is 10.1 Å². The molecule has 0 radical (unpaired) electrons. The third-order valence-corrected chi connectivity index (χ3v) is 7.12. The minimum Gasteiger partial charge on any atom is -0.461 e. The van der Waals surface area contributed by atoms with Crippen molar-refractivity contribution in [2.24, 2.45) is 4.99 Å². The zero-order valence-corrected chi connectivity index (χ0v) is 23.9. The number of likely N-dealkylation sites (N-methyl/N-ethyl adjacent to an activating group) is 1. The lowest BCUT2D eigenvalue weighted by Gasteiger charge is -2.18. The molecule has 0 atom stereocenters. The summed E-state index contributed by atoms with van der Waals surface area (Å²) < 4.78 is 20.1. The van der Waals surface area contributed by atoms with Gasteiger partial charge in [0.2, 0.25) is 5.91 Å². The number of carbonyl (C=O) groups excluding carboxylic acids is 3. The van der Waals surface area contributed by atoms with Crippen molar-refractivity contribution >= 4 is 40.8 Å². The largest absolute Gasteiger partial charge is 0.461 e. The molecule has 0 fully saturated rings. The number of nitrogens with zero attached hydrogens (tertiary/aromatic N) is 5. The molecule has 0 unspecified atom stereocenters. The number of benzene rings is 3. The molecule has 3 aromatic carbocycles. The summed E-state index contributed by atoms with van der Waals surface area (Å²) in [5.41, 5.74) is 4.94.